The summed E-state index contributed by atoms with van der Waals surface area (Å²) in [6, 6.07) is 6.23. The number of rotatable bonds is 5. The summed E-state index contributed by atoms with van der Waals surface area (Å²) < 4.78 is 76.6. The summed E-state index contributed by atoms with van der Waals surface area (Å²) in [4.78, 5) is 19.5. The first-order chi connectivity index (χ1) is 16.5. The summed E-state index contributed by atoms with van der Waals surface area (Å²) in [6.45, 7) is 1.51. The Kier molecular flexibility index (Phi) is 8.13. The lowest BCUT2D eigenvalue weighted by Crippen LogP contribution is -2.16. The Bertz CT molecular complexity index is 1220. The van der Waals surface area contributed by atoms with E-state index in [0.717, 1.165) is 30.3 Å². The number of amides is 2. The molecule has 0 aliphatic rings. The maximum Gasteiger partial charge on any atom is 0.417 e. The van der Waals surface area contributed by atoms with E-state index >= 15 is 0 Å². The molecule has 1 heterocycles. The number of nitrogens with one attached hydrogen (secondary N) is 1. The summed E-state index contributed by atoms with van der Waals surface area (Å²) in [7, 11) is 0. The molecule has 0 aliphatic carbocycles. The predicted molar refractivity (Wildman–Crippen MR) is 119 cm³/mol. The van der Waals surface area contributed by atoms with E-state index < -0.39 is 40.9 Å². The number of aliphatic imine (C=N–C) groups is 1. The van der Waals surface area contributed by atoms with Crippen molar-refractivity contribution in [1.82, 2.24) is 4.98 Å². The van der Waals surface area contributed by atoms with Crippen LogP contribution in [0.25, 0.3) is 0 Å². The Morgan fingerprint density at radius 3 is 2.23 bits per heavy atom. The van der Waals surface area contributed by atoms with E-state index in [9.17, 15) is 26.7 Å². The quantitative estimate of drug-likeness (QED) is 0.209. The van der Waals surface area contributed by atoms with Gasteiger partial charge in [-0.2, -0.15) is 18.2 Å². The fourth-order valence-electron chi connectivity index (χ4n) is 2.69. The fourth-order valence-corrected chi connectivity index (χ4v) is 3.25. The number of pyridine rings is 1. The molecule has 0 fully saturated rings. The number of alkyl halides is 3. The molecule has 2 amide bonds. The third kappa shape index (κ3) is 6.58. The van der Waals surface area contributed by atoms with Crippen molar-refractivity contribution in [2.75, 3.05) is 11.9 Å². The molecule has 13 heteroatoms. The normalized spacial score (nSPS) is 11.8. The Hall–Kier alpha value is -3.44. The van der Waals surface area contributed by atoms with E-state index in [1.807, 2.05) is 0 Å². The molecule has 0 aliphatic heterocycles. The molecule has 0 bridgehead atoms. The number of halogens is 7. The molecule has 0 saturated carbocycles. The highest BCUT2D eigenvalue weighted by Crippen LogP contribution is 2.39. The molecule has 1 N–H and O–H groups in total. The molecular weight excluding hydrogens is 520 g/mol. The average molecular weight is 534 g/mol. The minimum absolute atomic E-state index is 0.0262. The van der Waals surface area contributed by atoms with Crippen LogP contribution in [0.4, 0.5) is 32.4 Å². The number of hydrogen-bond acceptors (Lipinski definition) is 4. The first-order valence-electron chi connectivity index (χ1n) is 9.66. The van der Waals surface area contributed by atoms with Crippen LogP contribution in [0.3, 0.4) is 0 Å². The SMILES string of the molecule is CCOC(=NC(=O)Nc1cc(Cl)c(Oc2ccc(C(F)(F)F)cn2)c(Cl)c1)c1c(F)cccc1F. The molecule has 6 nitrogen and oxygen atoms in total. The molecule has 2 aromatic carbocycles. The lowest BCUT2D eigenvalue weighted by molar-refractivity contribution is -0.137. The highest BCUT2D eigenvalue weighted by Gasteiger charge is 2.30. The zero-order chi connectivity index (χ0) is 25.8. The second-order valence-corrected chi connectivity index (χ2v) is 7.45. The molecule has 3 aromatic rings. The molecule has 184 valence electrons. The van der Waals surface area contributed by atoms with Gasteiger partial charge in [-0.15, -0.1) is 0 Å². The number of aromatic nitrogens is 1. The van der Waals surface area contributed by atoms with E-state index in [4.69, 9.17) is 32.7 Å². The molecule has 1 aromatic heterocycles. The van der Waals surface area contributed by atoms with Crippen LogP contribution in [0.5, 0.6) is 11.6 Å². The molecule has 0 spiro atoms. The van der Waals surface area contributed by atoms with Crippen LogP contribution in [0.1, 0.15) is 18.1 Å². The van der Waals surface area contributed by atoms with Crippen LogP contribution in [-0.4, -0.2) is 23.5 Å². The van der Waals surface area contributed by atoms with Gasteiger partial charge in [0.2, 0.25) is 11.8 Å². The van der Waals surface area contributed by atoms with Crippen molar-refractivity contribution >= 4 is 40.8 Å². The predicted octanol–water partition coefficient (Wildman–Crippen LogP) is 7.49. The number of benzene rings is 2. The van der Waals surface area contributed by atoms with Crippen LogP contribution in [0.2, 0.25) is 10.0 Å². The van der Waals surface area contributed by atoms with Crippen molar-refractivity contribution in [2.24, 2.45) is 4.99 Å². The monoisotopic (exact) mass is 533 g/mol. The second kappa shape index (κ2) is 10.9. The lowest BCUT2D eigenvalue weighted by Gasteiger charge is -2.12. The summed E-state index contributed by atoms with van der Waals surface area (Å²) in [5.41, 5.74) is -1.55. The zero-order valence-corrected chi connectivity index (χ0v) is 19.1. The standard InChI is InChI=1S/C22H14Cl2F5N3O3/c1-2-34-20(18-15(25)4-3-5-16(18)26)32-21(33)31-12-8-13(23)19(14(24)9-12)35-17-7-6-11(10-30-17)22(27,28)29/h3-10H,2H2,1H3,(H,31,33). The number of ether oxygens (including phenoxy) is 2. The molecule has 0 saturated heterocycles. The smallest absolute Gasteiger partial charge is 0.417 e. The number of anilines is 1. The summed E-state index contributed by atoms with van der Waals surface area (Å²) in [6.07, 6.45) is -3.98. The summed E-state index contributed by atoms with van der Waals surface area (Å²) in [5.74, 6) is -2.88. The number of carbonyl (C=O) groups excluding carboxylic acids is 1. The van der Waals surface area contributed by atoms with Gasteiger partial charge in [0, 0.05) is 18.0 Å². The van der Waals surface area contributed by atoms with Crippen molar-refractivity contribution in [3.8, 4) is 11.6 Å². The van der Waals surface area contributed by atoms with Crippen molar-refractivity contribution in [2.45, 2.75) is 13.1 Å². The van der Waals surface area contributed by atoms with Gasteiger partial charge in [-0.05, 0) is 37.3 Å². The zero-order valence-electron chi connectivity index (χ0n) is 17.6. The second-order valence-electron chi connectivity index (χ2n) is 6.63. The Morgan fingerprint density at radius 1 is 1.09 bits per heavy atom. The third-order valence-corrected chi connectivity index (χ3v) is 4.74. The third-order valence-electron chi connectivity index (χ3n) is 4.18. The molecule has 0 radical (unpaired) electrons. The summed E-state index contributed by atoms with van der Waals surface area (Å²) in [5, 5.41) is 2.08. The highest BCUT2D eigenvalue weighted by molar-refractivity contribution is 6.37. The average Bonchev–Trinajstić information content (AvgIpc) is 2.76. The van der Waals surface area contributed by atoms with E-state index in [2.05, 4.69) is 15.3 Å². The van der Waals surface area contributed by atoms with Gasteiger partial charge in [0.15, 0.2) is 5.75 Å². The van der Waals surface area contributed by atoms with Crippen molar-refractivity contribution < 1.29 is 36.2 Å². The first-order valence-corrected chi connectivity index (χ1v) is 10.4. The van der Waals surface area contributed by atoms with Gasteiger partial charge in [0.25, 0.3) is 0 Å². The van der Waals surface area contributed by atoms with E-state index in [0.29, 0.717) is 6.20 Å². The maximum absolute atomic E-state index is 14.1. The Balaban J connectivity index is 1.80. The lowest BCUT2D eigenvalue weighted by atomic mass is 10.2. The molecular formula is C22H14Cl2F5N3O3. The van der Waals surface area contributed by atoms with E-state index in [-0.39, 0.29) is 34.0 Å². The largest absolute Gasteiger partial charge is 0.477 e. The van der Waals surface area contributed by atoms with Gasteiger partial charge in [0.05, 0.1) is 22.2 Å². The first kappa shape index (κ1) is 26.2. The van der Waals surface area contributed by atoms with Crippen molar-refractivity contribution in [3.05, 3.63) is 81.5 Å². The van der Waals surface area contributed by atoms with Gasteiger partial charge in [-0.25, -0.2) is 18.6 Å². The maximum atomic E-state index is 14.1. The fraction of sp³-hybridized carbons (Fsp3) is 0.136. The van der Waals surface area contributed by atoms with Crippen LogP contribution in [-0.2, 0) is 10.9 Å². The minimum atomic E-state index is -4.57. The summed E-state index contributed by atoms with van der Waals surface area (Å²) >= 11 is 12.3. The van der Waals surface area contributed by atoms with Crippen LogP contribution in [0.15, 0.2) is 53.7 Å². The van der Waals surface area contributed by atoms with E-state index in [1.54, 1.807) is 0 Å². The van der Waals surface area contributed by atoms with Gasteiger partial charge in [-0.1, -0.05) is 29.3 Å². The van der Waals surface area contributed by atoms with Gasteiger partial charge < -0.3 is 14.8 Å². The number of nitrogens with zero attached hydrogens (tertiary/aromatic N) is 2. The molecule has 3 rings (SSSR count). The minimum Gasteiger partial charge on any atom is -0.477 e. The van der Waals surface area contributed by atoms with Gasteiger partial charge in [0.1, 0.15) is 17.2 Å². The number of carbonyl (C=O) groups is 1. The topological polar surface area (TPSA) is 72.8 Å². The van der Waals surface area contributed by atoms with Crippen molar-refractivity contribution in [3.63, 3.8) is 0 Å². The van der Waals surface area contributed by atoms with Crippen LogP contribution >= 0.6 is 23.2 Å². The number of hydrogen-bond donors (Lipinski definition) is 1. The number of urea groups is 1. The van der Waals surface area contributed by atoms with E-state index in [1.165, 1.54) is 19.1 Å². The molecule has 0 atom stereocenters. The van der Waals surface area contributed by atoms with Crippen molar-refractivity contribution in [1.29, 1.82) is 0 Å². The molecule has 0 unspecified atom stereocenters. The molecule has 35 heavy (non-hydrogen) atoms. The van der Waals surface area contributed by atoms with Crippen LogP contribution in [0, 0.1) is 11.6 Å². The van der Waals surface area contributed by atoms with Gasteiger partial charge >= 0.3 is 12.2 Å². The highest BCUT2D eigenvalue weighted by atomic mass is 35.5. The van der Waals surface area contributed by atoms with Gasteiger partial charge in [-0.3, -0.25) is 0 Å². The van der Waals surface area contributed by atoms with Crippen LogP contribution < -0.4 is 10.1 Å². The Morgan fingerprint density at radius 2 is 1.71 bits per heavy atom. The Labute approximate surface area is 205 Å².